The molecule has 1 aliphatic heterocycles. The first-order valence-electron chi connectivity index (χ1n) is 11.6. The number of rotatable bonds is 8. The topological polar surface area (TPSA) is 74.3 Å². The molecule has 0 saturated carbocycles. The Morgan fingerprint density at radius 2 is 1.71 bits per heavy atom. The van der Waals surface area contributed by atoms with Crippen LogP contribution in [0.1, 0.15) is 35.2 Å². The van der Waals surface area contributed by atoms with E-state index >= 15 is 0 Å². The van der Waals surface area contributed by atoms with Gasteiger partial charge in [-0.25, -0.2) is 9.59 Å². The van der Waals surface area contributed by atoms with Crippen LogP contribution in [0.15, 0.2) is 72.8 Å². The lowest BCUT2D eigenvalue weighted by atomic mass is 9.88. The van der Waals surface area contributed by atoms with E-state index in [0.29, 0.717) is 30.0 Å². The molecular weight excluding hydrogens is 446 g/mol. The molecule has 182 valence electrons. The van der Waals surface area contributed by atoms with Gasteiger partial charge in [-0.3, -0.25) is 4.90 Å². The highest BCUT2D eigenvalue weighted by Crippen LogP contribution is 2.41. The average molecular weight is 476 g/mol. The van der Waals surface area contributed by atoms with Gasteiger partial charge < -0.3 is 18.9 Å². The van der Waals surface area contributed by atoms with E-state index in [1.165, 1.54) is 0 Å². The molecule has 0 spiro atoms. The van der Waals surface area contributed by atoms with Crippen molar-refractivity contribution in [3.05, 3.63) is 95.1 Å². The molecule has 1 unspecified atom stereocenters. The van der Waals surface area contributed by atoms with Crippen LogP contribution in [-0.4, -0.2) is 43.8 Å². The predicted molar refractivity (Wildman–Crippen MR) is 130 cm³/mol. The number of nitrogens with zero attached hydrogens (tertiary/aromatic N) is 1. The second-order valence-corrected chi connectivity index (χ2v) is 8.08. The van der Waals surface area contributed by atoms with Crippen molar-refractivity contribution < 1.29 is 28.5 Å². The minimum Gasteiger partial charge on any atom is -0.497 e. The molecule has 0 radical (unpaired) electrons. The van der Waals surface area contributed by atoms with Crippen molar-refractivity contribution in [3.8, 4) is 11.5 Å². The molecular formula is C28H29NO6. The summed E-state index contributed by atoms with van der Waals surface area (Å²) in [4.78, 5) is 27.0. The van der Waals surface area contributed by atoms with Crippen LogP contribution in [0.2, 0.25) is 0 Å². The van der Waals surface area contributed by atoms with Crippen molar-refractivity contribution in [1.29, 1.82) is 0 Å². The molecule has 3 aromatic carbocycles. The number of amides is 1. The summed E-state index contributed by atoms with van der Waals surface area (Å²) in [5.74, 6) is 0.628. The Hall–Kier alpha value is -4.00. The van der Waals surface area contributed by atoms with Crippen molar-refractivity contribution in [3.63, 3.8) is 0 Å². The van der Waals surface area contributed by atoms with Crippen molar-refractivity contribution in [2.75, 3.05) is 26.9 Å². The summed E-state index contributed by atoms with van der Waals surface area (Å²) < 4.78 is 22.1. The molecule has 1 atom stereocenters. The average Bonchev–Trinajstić information content (AvgIpc) is 2.90. The van der Waals surface area contributed by atoms with E-state index < -0.39 is 18.1 Å². The first-order chi connectivity index (χ1) is 17.1. The number of fused-ring (bicyclic) bond motifs is 1. The first-order valence-corrected chi connectivity index (χ1v) is 11.6. The van der Waals surface area contributed by atoms with Gasteiger partial charge >= 0.3 is 12.1 Å². The van der Waals surface area contributed by atoms with Gasteiger partial charge in [0.15, 0.2) is 6.61 Å². The zero-order valence-electron chi connectivity index (χ0n) is 19.9. The minimum atomic E-state index is -0.476. The van der Waals surface area contributed by atoms with Gasteiger partial charge in [-0.2, -0.15) is 0 Å². The summed E-state index contributed by atoms with van der Waals surface area (Å²) in [7, 11) is 1.58. The molecule has 3 aromatic rings. The van der Waals surface area contributed by atoms with E-state index in [-0.39, 0.29) is 19.8 Å². The molecule has 4 rings (SSSR count). The number of benzene rings is 3. The van der Waals surface area contributed by atoms with E-state index in [9.17, 15) is 9.59 Å². The van der Waals surface area contributed by atoms with Crippen LogP contribution in [-0.2, 0) is 27.3 Å². The smallest absolute Gasteiger partial charge is 0.410 e. The van der Waals surface area contributed by atoms with E-state index in [1.807, 2.05) is 54.6 Å². The zero-order valence-corrected chi connectivity index (χ0v) is 19.9. The fourth-order valence-corrected chi connectivity index (χ4v) is 4.24. The van der Waals surface area contributed by atoms with Crippen LogP contribution >= 0.6 is 0 Å². The minimum absolute atomic E-state index is 0.175. The second kappa shape index (κ2) is 11.4. The number of methoxy groups -OCH3 is 1. The number of ether oxygens (including phenoxy) is 4. The molecule has 0 saturated heterocycles. The van der Waals surface area contributed by atoms with Gasteiger partial charge in [-0.15, -0.1) is 0 Å². The quantitative estimate of drug-likeness (QED) is 0.431. The summed E-state index contributed by atoms with van der Waals surface area (Å²) in [5.41, 5.74) is 3.74. The summed E-state index contributed by atoms with van der Waals surface area (Å²) in [6.07, 6.45) is 0.281. The van der Waals surface area contributed by atoms with Crippen LogP contribution in [0.5, 0.6) is 11.5 Å². The Balaban J connectivity index is 1.68. The van der Waals surface area contributed by atoms with E-state index in [0.717, 1.165) is 16.7 Å². The van der Waals surface area contributed by atoms with Gasteiger partial charge in [-0.05, 0) is 48.2 Å². The number of hydrogen-bond donors (Lipinski definition) is 0. The Labute approximate surface area is 205 Å². The van der Waals surface area contributed by atoms with Crippen molar-refractivity contribution in [2.24, 2.45) is 0 Å². The lowest BCUT2D eigenvalue weighted by Crippen LogP contribution is -2.41. The van der Waals surface area contributed by atoms with Gasteiger partial charge in [0.25, 0.3) is 0 Å². The third kappa shape index (κ3) is 5.74. The molecule has 0 aliphatic carbocycles. The Kier molecular flexibility index (Phi) is 7.88. The number of carbonyl (C=O) groups is 2. The van der Waals surface area contributed by atoms with Gasteiger partial charge in [0.05, 0.1) is 19.8 Å². The van der Waals surface area contributed by atoms with E-state index in [4.69, 9.17) is 18.9 Å². The third-order valence-electron chi connectivity index (χ3n) is 5.89. The van der Waals surface area contributed by atoms with Crippen LogP contribution in [0.4, 0.5) is 4.79 Å². The number of carbonyl (C=O) groups excluding carboxylic acids is 2. The van der Waals surface area contributed by atoms with Crippen LogP contribution < -0.4 is 9.47 Å². The van der Waals surface area contributed by atoms with E-state index in [2.05, 4.69) is 6.07 Å². The first kappa shape index (κ1) is 24.1. The Bertz CT molecular complexity index is 1160. The fourth-order valence-electron chi connectivity index (χ4n) is 4.24. The molecule has 1 amide bonds. The molecule has 35 heavy (non-hydrogen) atoms. The lowest BCUT2D eigenvalue weighted by Gasteiger charge is -2.37. The maximum Gasteiger partial charge on any atom is 0.410 e. The zero-order chi connectivity index (χ0) is 24.6. The highest BCUT2D eigenvalue weighted by Gasteiger charge is 2.35. The normalized spacial score (nSPS) is 14.6. The summed E-state index contributed by atoms with van der Waals surface area (Å²) in [6, 6.07) is 22.4. The van der Waals surface area contributed by atoms with Crippen molar-refractivity contribution >= 4 is 12.1 Å². The van der Waals surface area contributed by atoms with Crippen molar-refractivity contribution in [2.45, 2.75) is 26.0 Å². The van der Waals surface area contributed by atoms with E-state index in [1.54, 1.807) is 31.1 Å². The fraction of sp³-hybridized carbons (Fsp3) is 0.286. The maximum atomic E-state index is 13.3. The molecule has 7 nitrogen and oxygen atoms in total. The predicted octanol–water partition coefficient (Wildman–Crippen LogP) is 4.92. The number of esters is 1. The highest BCUT2D eigenvalue weighted by atomic mass is 16.6. The maximum absolute atomic E-state index is 13.3. The monoisotopic (exact) mass is 475 g/mol. The molecule has 7 heteroatoms. The lowest BCUT2D eigenvalue weighted by molar-refractivity contribution is -0.145. The number of hydrogen-bond acceptors (Lipinski definition) is 6. The third-order valence-corrected chi connectivity index (χ3v) is 5.89. The van der Waals surface area contributed by atoms with Crippen molar-refractivity contribution in [1.82, 2.24) is 4.90 Å². The standard InChI is InChI=1S/C28H29NO6/c1-3-33-26(30)19-34-25-14-13-22(32-2)17-24(25)27-23-12-8-7-11-21(23)15-16-29(27)28(31)35-18-20-9-5-4-6-10-20/h4-14,17,27H,3,15-16,18-19H2,1-2H3. The van der Waals surface area contributed by atoms with Gasteiger partial charge in [0, 0.05) is 12.1 Å². The van der Waals surface area contributed by atoms with Crippen LogP contribution in [0, 0.1) is 0 Å². The largest absolute Gasteiger partial charge is 0.497 e. The van der Waals surface area contributed by atoms with Crippen LogP contribution in [0.3, 0.4) is 0 Å². The van der Waals surface area contributed by atoms with Gasteiger partial charge in [0.2, 0.25) is 0 Å². The summed E-state index contributed by atoms with van der Waals surface area (Å²) >= 11 is 0. The Morgan fingerprint density at radius 1 is 0.943 bits per heavy atom. The SMILES string of the molecule is CCOC(=O)COc1ccc(OC)cc1C1c2ccccc2CCN1C(=O)OCc1ccccc1. The van der Waals surface area contributed by atoms with Gasteiger partial charge in [-0.1, -0.05) is 54.6 Å². The molecule has 0 aromatic heterocycles. The molecule has 0 bridgehead atoms. The summed E-state index contributed by atoms with van der Waals surface area (Å²) in [5, 5.41) is 0. The molecule has 1 heterocycles. The Morgan fingerprint density at radius 3 is 2.49 bits per heavy atom. The molecule has 0 fully saturated rings. The van der Waals surface area contributed by atoms with Gasteiger partial charge in [0.1, 0.15) is 18.1 Å². The second-order valence-electron chi connectivity index (χ2n) is 8.08. The highest BCUT2D eigenvalue weighted by molar-refractivity contribution is 5.72. The summed E-state index contributed by atoms with van der Waals surface area (Å²) in [6.45, 7) is 2.43. The van der Waals surface area contributed by atoms with Crippen LogP contribution in [0.25, 0.3) is 0 Å². The molecule has 0 N–H and O–H groups in total. The molecule has 1 aliphatic rings.